The van der Waals surface area contributed by atoms with Gasteiger partial charge < -0.3 is 9.73 Å². The summed E-state index contributed by atoms with van der Waals surface area (Å²) in [7, 11) is 1.88. The van der Waals surface area contributed by atoms with Gasteiger partial charge in [0.2, 0.25) is 0 Å². The number of halogens is 1. The summed E-state index contributed by atoms with van der Waals surface area (Å²) in [6.45, 7) is 2.13. The van der Waals surface area contributed by atoms with E-state index in [9.17, 15) is 4.39 Å². The molecule has 3 rings (SSSR count). The van der Waals surface area contributed by atoms with Gasteiger partial charge in [0.05, 0.1) is 6.04 Å². The van der Waals surface area contributed by atoms with E-state index in [2.05, 4.69) is 36.5 Å². The molecule has 1 N–H and O–H groups in total. The zero-order chi connectivity index (χ0) is 14.8. The van der Waals surface area contributed by atoms with Crippen LogP contribution >= 0.6 is 0 Å². The highest BCUT2D eigenvalue weighted by Crippen LogP contribution is 2.29. The van der Waals surface area contributed by atoms with Crippen LogP contribution in [-0.2, 0) is 6.42 Å². The van der Waals surface area contributed by atoms with E-state index in [0.29, 0.717) is 5.58 Å². The normalized spacial score (nSPS) is 12.7. The molecule has 21 heavy (non-hydrogen) atoms. The van der Waals surface area contributed by atoms with E-state index in [0.717, 1.165) is 23.1 Å². The summed E-state index contributed by atoms with van der Waals surface area (Å²) in [5, 5.41) is 4.02. The molecule has 0 radical (unpaired) electrons. The molecule has 0 aliphatic rings. The van der Waals surface area contributed by atoms with Gasteiger partial charge >= 0.3 is 0 Å². The Balaban J connectivity index is 2.02. The number of rotatable bonds is 4. The maximum atomic E-state index is 13.8. The second-order valence-electron chi connectivity index (χ2n) is 5.12. The lowest BCUT2D eigenvalue weighted by atomic mass is 10.0. The van der Waals surface area contributed by atoms with Crippen LogP contribution in [0.25, 0.3) is 11.0 Å². The van der Waals surface area contributed by atoms with Gasteiger partial charge in [0.15, 0.2) is 11.4 Å². The predicted molar refractivity (Wildman–Crippen MR) is 82.9 cm³/mol. The summed E-state index contributed by atoms with van der Waals surface area (Å²) in [5.74, 6) is 0.400. The van der Waals surface area contributed by atoms with Crippen molar-refractivity contribution in [1.82, 2.24) is 5.32 Å². The quantitative estimate of drug-likeness (QED) is 0.765. The summed E-state index contributed by atoms with van der Waals surface area (Å²) in [4.78, 5) is 0. The SMILES string of the molecule is CCc1ccc(C(NC)c2cc3cccc(F)c3o2)cc1. The van der Waals surface area contributed by atoms with Crippen LogP contribution in [0.15, 0.2) is 52.9 Å². The minimum atomic E-state index is -0.324. The van der Waals surface area contributed by atoms with E-state index >= 15 is 0 Å². The number of fused-ring (bicyclic) bond motifs is 1. The molecule has 1 aromatic heterocycles. The molecule has 1 unspecified atom stereocenters. The Morgan fingerprint density at radius 2 is 1.90 bits per heavy atom. The van der Waals surface area contributed by atoms with E-state index in [1.807, 2.05) is 19.2 Å². The van der Waals surface area contributed by atoms with Crippen molar-refractivity contribution in [2.24, 2.45) is 0 Å². The number of furan rings is 1. The fraction of sp³-hybridized carbons (Fsp3) is 0.222. The molecule has 0 saturated heterocycles. The molecule has 0 aliphatic heterocycles. The molecule has 3 heteroatoms. The Hall–Kier alpha value is -2.13. The number of para-hydroxylation sites is 1. The maximum Gasteiger partial charge on any atom is 0.169 e. The average molecular weight is 283 g/mol. The number of benzene rings is 2. The van der Waals surface area contributed by atoms with Crippen LogP contribution in [0.5, 0.6) is 0 Å². The highest BCUT2D eigenvalue weighted by atomic mass is 19.1. The van der Waals surface area contributed by atoms with Crippen molar-refractivity contribution in [3.63, 3.8) is 0 Å². The fourth-order valence-electron chi connectivity index (χ4n) is 2.61. The van der Waals surface area contributed by atoms with Crippen LogP contribution in [0.2, 0.25) is 0 Å². The molecular weight excluding hydrogens is 265 g/mol. The third-order valence-corrected chi connectivity index (χ3v) is 3.81. The molecular formula is C18H18FNO. The molecule has 2 nitrogen and oxygen atoms in total. The summed E-state index contributed by atoms with van der Waals surface area (Å²) in [6.07, 6.45) is 1.01. The highest BCUT2D eigenvalue weighted by molar-refractivity contribution is 5.78. The van der Waals surface area contributed by atoms with Crippen LogP contribution in [0.3, 0.4) is 0 Å². The van der Waals surface area contributed by atoms with Crippen molar-refractivity contribution in [3.8, 4) is 0 Å². The second-order valence-corrected chi connectivity index (χ2v) is 5.12. The number of aryl methyl sites for hydroxylation is 1. The first-order valence-electron chi connectivity index (χ1n) is 7.17. The van der Waals surface area contributed by atoms with Crippen LogP contribution in [0.4, 0.5) is 4.39 Å². The smallest absolute Gasteiger partial charge is 0.169 e. The molecule has 0 amide bonds. The Morgan fingerprint density at radius 3 is 2.52 bits per heavy atom. The molecule has 0 spiro atoms. The van der Waals surface area contributed by atoms with E-state index in [-0.39, 0.29) is 11.9 Å². The van der Waals surface area contributed by atoms with Crippen molar-refractivity contribution >= 4 is 11.0 Å². The monoisotopic (exact) mass is 283 g/mol. The van der Waals surface area contributed by atoms with Crippen molar-refractivity contribution in [3.05, 3.63) is 71.2 Å². The molecule has 2 aromatic carbocycles. The molecule has 108 valence electrons. The molecule has 0 fully saturated rings. The van der Waals surface area contributed by atoms with Crippen molar-refractivity contribution in [2.45, 2.75) is 19.4 Å². The van der Waals surface area contributed by atoms with Gasteiger partial charge in [0, 0.05) is 5.39 Å². The van der Waals surface area contributed by atoms with Crippen LogP contribution < -0.4 is 5.32 Å². The fourth-order valence-corrected chi connectivity index (χ4v) is 2.61. The van der Waals surface area contributed by atoms with Crippen LogP contribution in [-0.4, -0.2) is 7.05 Å². The Labute approximate surface area is 123 Å². The minimum Gasteiger partial charge on any atom is -0.456 e. The lowest BCUT2D eigenvalue weighted by molar-refractivity contribution is 0.476. The molecule has 1 atom stereocenters. The van der Waals surface area contributed by atoms with Crippen LogP contribution in [0, 0.1) is 5.82 Å². The first-order chi connectivity index (χ1) is 10.2. The Bertz CT molecular complexity index is 746. The zero-order valence-electron chi connectivity index (χ0n) is 12.2. The largest absolute Gasteiger partial charge is 0.456 e. The van der Waals surface area contributed by atoms with Crippen molar-refractivity contribution in [1.29, 1.82) is 0 Å². The van der Waals surface area contributed by atoms with Gasteiger partial charge in [-0.1, -0.05) is 43.3 Å². The van der Waals surface area contributed by atoms with E-state index in [4.69, 9.17) is 4.42 Å². The Kier molecular flexibility index (Phi) is 3.76. The second kappa shape index (κ2) is 5.70. The standard InChI is InChI=1S/C18H18FNO/c1-3-12-7-9-13(10-8-12)17(20-2)16-11-14-5-4-6-15(19)18(14)21-16/h4-11,17,20H,3H2,1-2H3. The first kappa shape index (κ1) is 13.8. The molecule has 3 aromatic rings. The lowest BCUT2D eigenvalue weighted by Crippen LogP contribution is -2.16. The first-order valence-corrected chi connectivity index (χ1v) is 7.17. The Morgan fingerprint density at radius 1 is 1.14 bits per heavy atom. The van der Waals surface area contributed by atoms with E-state index in [1.54, 1.807) is 6.07 Å². The minimum absolute atomic E-state index is 0.0808. The van der Waals surface area contributed by atoms with Crippen LogP contribution in [0.1, 0.15) is 29.9 Å². The van der Waals surface area contributed by atoms with E-state index < -0.39 is 0 Å². The van der Waals surface area contributed by atoms with Gasteiger partial charge in [0.25, 0.3) is 0 Å². The number of hydrogen-bond donors (Lipinski definition) is 1. The van der Waals surface area contributed by atoms with E-state index in [1.165, 1.54) is 11.6 Å². The topological polar surface area (TPSA) is 25.2 Å². The summed E-state index contributed by atoms with van der Waals surface area (Å²) in [6, 6.07) is 15.2. The summed E-state index contributed by atoms with van der Waals surface area (Å²) >= 11 is 0. The molecule has 1 heterocycles. The van der Waals surface area contributed by atoms with Gasteiger partial charge in [-0.2, -0.15) is 0 Å². The maximum absolute atomic E-state index is 13.8. The van der Waals surface area contributed by atoms with Gasteiger partial charge in [-0.15, -0.1) is 0 Å². The summed E-state index contributed by atoms with van der Waals surface area (Å²) < 4.78 is 19.5. The average Bonchev–Trinajstić information content (AvgIpc) is 2.94. The molecule has 0 aliphatic carbocycles. The van der Waals surface area contributed by atoms with Crippen molar-refractivity contribution < 1.29 is 8.81 Å². The van der Waals surface area contributed by atoms with Gasteiger partial charge in [-0.05, 0) is 36.7 Å². The number of nitrogens with one attached hydrogen (secondary N) is 1. The van der Waals surface area contributed by atoms with Gasteiger partial charge in [0.1, 0.15) is 5.76 Å². The van der Waals surface area contributed by atoms with Gasteiger partial charge in [-0.3, -0.25) is 0 Å². The molecule has 0 saturated carbocycles. The third kappa shape index (κ3) is 2.57. The predicted octanol–water partition coefficient (Wildman–Crippen LogP) is 4.44. The van der Waals surface area contributed by atoms with Crippen molar-refractivity contribution in [2.75, 3.05) is 7.05 Å². The third-order valence-electron chi connectivity index (χ3n) is 3.81. The highest BCUT2D eigenvalue weighted by Gasteiger charge is 2.18. The lowest BCUT2D eigenvalue weighted by Gasteiger charge is -2.14. The zero-order valence-corrected chi connectivity index (χ0v) is 12.2. The molecule has 0 bridgehead atoms. The van der Waals surface area contributed by atoms with Gasteiger partial charge in [-0.25, -0.2) is 4.39 Å². The summed E-state index contributed by atoms with van der Waals surface area (Å²) in [5.41, 5.74) is 2.72. The number of hydrogen-bond acceptors (Lipinski definition) is 2.